The number of rotatable bonds is 4. The van der Waals surface area contributed by atoms with E-state index in [2.05, 4.69) is 16.6 Å². The van der Waals surface area contributed by atoms with Gasteiger partial charge in [0.05, 0.1) is 6.54 Å². The minimum atomic E-state index is -3.41. The van der Waals surface area contributed by atoms with Gasteiger partial charge in [-0.25, -0.2) is 0 Å². The Morgan fingerprint density at radius 2 is 1.90 bits per heavy atom. The normalized spacial score (nSPS) is 16.2. The SMILES string of the molecule is NCC#Cc1ccccc1CNS(=O)(=O)N1CCCCC1. The molecule has 1 aromatic carbocycles. The molecule has 5 nitrogen and oxygen atoms in total. The van der Waals surface area contributed by atoms with Crippen LogP contribution in [0.2, 0.25) is 0 Å². The molecule has 0 aliphatic carbocycles. The van der Waals surface area contributed by atoms with Gasteiger partial charge in [-0.05, 0) is 24.5 Å². The van der Waals surface area contributed by atoms with Crippen molar-refractivity contribution >= 4 is 10.2 Å². The molecule has 0 saturated carbocycles. The van der Waals surface area contributed by atoms with Crippen LogP contribution in [-0.4, -0.2) is 32.4 Å². The molecule has 114 valence electrons. The molecule has 0 atom stereocenters. The van der Waals surface area contributed by atoms with Crippen LogP contribution >= 0.6 is 0 Å². The second-order valence-electron chi connectivity index (χ2n) is 4.95. The van der Waals surface area contributed by atoms with Gasteiger partial charge >= 0.3 is 0 Å². The average molecular weight is 307 g/mol. The number of nitrogens with one attached hydrogen (secondary N) is 1. The van der Waals surface area contributed by atoms with E-state index in [4.69, 9.17) is 5.73 Å². The van der Waals surface area contributed by atoms with Crippen LogP contribution in [0.1, 0.15) is 30.4 Å². The zero-order valence-corrected chi connectivity index (χ0v) is 12.8. The highest BCUT2D eigenvalue weighted by molar-refractivity contribution is 7.87. The van der Waals surface area contributed by atoms with E-state index in [1.807, 2.05) is 24.3 Å². The van der Waals surface area contributed by atoms with Crippen LogP contribution in [0.4, 0.5) is 0 Å². The predicted molar refractivity (Wildman–Crippen MR) is 83.6 cm³/mol. The smallest absolute Gasteiger partial charge is 0.279 e. The molecule has 3 N–H and O–H groups in total. The van der Waals surface area contributed by atoms with Crippen LogP contribution in [0.3, 0.4) is 0 Å². The molecule has 6 heteroatoms. The van der Waals surface area contributed by atoms with E-state index in [1.165, 1.54) is 4.31 Å². The largest absolute Gasteiger partial charge is 0.320 e. The highest BCUT2D eigenvalue weighted by Gasteiger charge is 2.23. The van der Waals surface area contributed by atoms with E-state index in [9.17, 15) is 8.42 Å². The maximum Gasteiger partial charge on any atom is 0.279 e. The van der Waals surface area contributed by atoms with Gasteiger partial charge in [-0.15, -0.1) is 0 Å². The van der Waals surface area contributed by atoms with Crippen LogP contribution in [0.25, 0.3) is 0 Å². The van der Waals surface area contributed by atoms with Gasteiger partial charge in [0.2, 0.25) is 0 Å². The number of nitrogens with two attached hydrogens (primary N) is 1. The van der Waals surface area contributed by atoms with E-state index in [0.717, 1.165) is 30.4 Å². The van der Waals surface area contributed by atoms with Gasteiger partial charge in [0, 0.05) is 25.2 Å². The Labute approximate surface area is 126 Å². The topological polar surface area (TPSA) is 75.4 Å². The molecule has 21 heavy (non-hydrogen) atoms. The van der Waals surface area contributed by atoms with Crippen molar-refractivity contribution in [2.45, 2.75) is 25.8 Å². The predicted octanol–water partition coefficient (Wildman–Crippen LogP) is 0.817. The molecule has 0 spiro atoms. The zero-order valence-electron chi connectivity index (χ0n) is 12.0. The van der Waals surface area contributed by atoms with Gasteiger partial charge in [-0.1, -0.05) is 36.5 Å². The van der Waals surface area contributed by atoms with Crippen molar-refractivity contribution in [3.05, 3.63) is 35.4 Å². The minimum absolute atomic E-state index is 0.244. The van der Waals surface area contributed by atoms with Crippen LogP contribution < -0.4 is 10.5 Å². The maximum absolute atomic E-state index is 12.2. The lowest BCUT2D eigenvalue weighted by atomic mass is 10.1. The third-order valence-electron chi connectivity index (χ3n) is 3.44. The van der Waals surface area contributed by atoms with Crippen LogP contribution in [-0.2, 0) is 16.8 Å². The van der Waals surface area contributed by atoms with Crippen molar-refractivity contribution in [2.75, 3.05) is 19.6 Å². The average Bonchev–Trinajstić information content (AvgIpc) is 2.52. The zero-order chi connectivity index (χ0) is 15.1. The van der Waals surface area contributed by atoms with Gasteiger partial charge in [0.1, 0.15) is 0 Å². The Morgan fingerprint density at radius 1 is 1.19 bits per heavy atom. The number of hydrogen-bond acceptors (Lipinski definition) is 3. The summed E-state index contributed by atoms with van der Waals surface area (Å²) in [6, 6.07) is 7.49. The lowest BCUT2D eigenvalue weighted by molar-refractivity contribution is 0.341. The Kier molecular flexibility index (Phi) is 5.76. The summed E-state index contributed by atoms with van der Waals surface area (Å²) in [7, 11) is -3.41. The lowest BCUT2D eigenvalue weighted by Gasteiger charge is -2.26. The summed E-state index contributed by atoms with van der Waals surface area (Å²) >= 11 is 0. The summed E-state index contributed by atoms with van der Waals surface area (Å²) in [6.45, 7) is 1.73. The number of nitrogens with zero attached hydrogens (tertiary/aromatic N) is 1. The van der Waals surface area contributed by atoms with Gasteiger partial charge in [-0.2, -0.15) is 17.4 Å². The summed E-state index contributed by atoms with van der Waals surface area (Å²) in [5.74, 6) is 5.76. The molecule has 0 aromatic heterocycles. The molecule has 1 aromatic rings. The van der Waals surface area contributed by atoms with Crippen molar-refractivity contribution in [2.24, 2.45) is 5.73 Å². The summed E-state index contributed by atoms with van der Waals surface area (Å²) < 4.78 is 28.7. The molecular formula is C15H21N3O2S. The lowest BCUT2D eigenvalue weighted by Crippen LogP contribution is -2.43. The van der Waals surface area contributed by atoms with Crippen LogP contribution in [0, 0.1) is 11.8 Å². The third kappa shape index (κ3) is 4.55. The first-order valence-electron chi connectivity index (χ1n) is 7.15. The highest BCUT2D eigenvalue weighted by atomic mass is 32.2. The van der Waals surface area contributed by atoms with E-state index in [-0.39, 0.29) is 13.1 Å². The fourth-order valence-electron chi connectivity index (χ4n) is 2.31. The summed E-state index contributed by atoms with van der Waals surface area (Å²) in [5.41, 5.74) is 7.05. The van der Waals surface area contributed by atoms with Crippen molar-refractivity contribution in [1.82, 2.24) is 9.03 Å². The molecule has 1 heterocycles. The molecule has 0 radical (unpaired) electrons. The Morgan fingerprint density at radius 3 is 2.62 bits per heavy atom. The Bertz CT molecular complexity index is 626. The van der Waals surface area contributed by atoms with Gasteiger partial charge < -0.3 is 5.73 Å². The molecule has 0 unspecified atom stereocenters. The highest BCUT2D eigenvalue weighted by Crippen LogP contribution is 2.13. The molecule has 1 saturated heterocycles. The summed E-state index contributed by atoms with van der Waals surface area (Å²) in [4.78, 5) is 0. The van der Waals surface area contributed by atoms with Crippen LogP contribution in [0.5, 0.6) is 0 Å². The van der Waals surface area contributed by atoms with Crippen molar-refractivity contribution in [1.29, 1.82) is 0 Å². The minimum Gasteiger partial charge on any atom is -0.320 e. The summed E-state index contributed by atoms with van der Waals surface area (Å²) in [6.07, 6.45) is 2.96. The maximum atomic E-state index is 12.2. The van der Waals surface area contributed by atoms with E-state index in [1.54, 1.807) is 0 Å². The second-order valence-corrected chi connectivity index (χ2v) is 6.70. The standard InChI is InChI=1S/C15H21N3O2S/c16-10-6-9-14-7-2-3-8-15(14)13-17-21(19,20)18-11-4-1-5-12-18/h2-3,7-8,17H,1,4-5,10-13,16H2. The Balaban J connectivity index is 2.05. The first-order chi connectivity index (χ1) is 10.1. The van der Waals surface area contributed by atoms with Crippen LogP contribution in [0.15, 0.2) is 24.3 Å². The summed E-state index contributed by atoms with van der Waals surface area (Å²) in [5, 5.41) is 0. The van der Waals surface area contributed by atoms with Gasteiger partial charge in [0.25, 0.3) is 10.2 Å². The fourth-order valence-corrected chi connectivity index (χ4v) is 3.57. The molecule has 0 bridgehead atoms. The van der Waals surface area contributed by atoms with E-state index >= 15 is 0 Å². The number of benzene rings is 1. The van der Waals surface area contributed by atoms with Gasteiger partial charge in [-0.3, -0.25) is 0 Å². The third-order valence-corrected chi connectivity index (χ3v) is 5.00. The quantitative estimate of drug-likeness (QED) is 0.809. The molecule has 1 fully saturated rings. The number of hydrogen-bond donors (Lipinski definition) is 2. The molecule has 2 rings (SSSR count). The molecule has 0 amide bonds. The van der Waals surface area contributed by atoms with E-state index in [0.29, 0.717) is 13.1 Å². The molecular weight excluding hydrogens is 286 g/mol. The fraction of sp³-hybridized carbons (Fsp3) is 0.467. The van der Waals surface area contributed by atoms with Gasteiger partial charge in [0.15, 0.2) is 0 Å². The van der Waals surface area contributed by atoms with Crippen molar-refractivity contribution in [3.63, 3.8) is 0 Å². The molecule has 1 aliphatic rings. The first kappa shape index (κ1) is 16.0. The first-order valence-corrected chi connectivity index (χ1v) is 8.59. The monoisotopic (exact) mass is 307 g/mol. The van der Waals surface area contributed by atoms with Crippen molar-refractivity contribution < 1.29 is 8.42 Å². The van der Waals surface area contributed by atoms with E-state index < -0.39 is 10.2 Å². The second kappa shape index (κ2) is 7.57. The molecule has 1 aliphatic heterocycles. The Hall–Kier alpha value is -1.39. The van der Waals surface area contributed by atoms with Crippen molar-refractivity contribution in [3.8, 4) is 11.8 Å². The number of piperidine rings is 1.